The second kappa shape index (κ2) is 5.95. The van der Waals surface area contributed by atoms with E-state index in [9.17, 15) is 8.42 Å². The maximum absolute atomic E-state index is 12.5. The van der Waals surface area contributed by atoms with Gasteiger partial charge in [0.1, 0.15) is 0 Å². The smallest absolute Gasteiger partial charge is 0.262 e. The van der Waals surface area contributed by atoms with Gasteiger partial charge in [0.05, 0.1) is 10.6 Å². The minimum absolute atomic E-state index is 0.196. The van der Waals surface area contributed by atoms with Gasteiger partial charge in [-0.15, -0.1) is 0 Å². The van der Waals surface area contributed by atoms with Crippen LogP contribution >= 0.6 is 11.6 Å². The predicted octanol–water partition coefficient (Wildman–Crippen LogP) is 3.59. The van der Waals surface area contributed by atoms with Gasteiger partial charge < -0.3 is 5.73 Å². The molecule has 0 saturated carbocycles. The number of rotatable bonds is 4. The molecular weight excluding hydrogens is 308 g/mol. The summed E-state index contributed by atoms with van der Waals surface area (Å²) in [7, 11) is -3.70. The summed E-state index contributed by atoms with van der Waals surface area (Å²) in [5.74, 6) is 0. The average molecular weight is 325 g/mol. The molecule has 0 unspecified atom stereocenters. The van der Waals surface area contributed by atoms with Crippen molar-refractivity contribution in [2.24, 2.45) is 0 Å². The van der Waals surface area contributed by atoms with Gasteiger partial charge in [0, 0.05) is 10.7 Å². The van der Waals surface area contributed by atoms with E-state index < -0.39 is 10.0 Å². The molecule has 0 aromatic heterocycles. The molecule has 0 radical (unpaired) electrons. The van der Waals surface area contributed by atoms with Crippen LogP contribution in [0.25, 0.3) is 0 Å². The molecule has 0 atom stereocenters. The molecule has 0 aliphatic heterocycles. The minimum Gasteiger partial charge on any atom is -0.399 e. The first kappa shape index (κ1) is 15.7. The molecule has 0 spiro atoms. The predicted molar refractivity (Wildman–Crippen MR) is 87.2 cm³/mol. The van der Waals surface area contributed by atoms with Crippen LogP contribution in [0.2, 0.25) is 5.02 Å². The van der Waals surface area contributed by atoms with Crippen LogP contribution < -0.4 is 10.5 Å². The van der Waals surface area contributed by atoms with Crippen molar-refractivity contribution in [2.45, 2.75) is 25.2 Å². The number of hydrogen-bond donors (Lipinski definition) is 2. The van der Waals surface area contributed by atoms with Gasteiger partial charge in [-0.1, -0.05) is 30.7 Å². The lowest BCUT2D eigenvalue weighted by atomic mass is 10.1. The fourth-order valence-corrected chi connectivity index (χ4v) is 3.56. The third-order valence-electron chi connectivity index (χ3n) is 3.19. The Hall–Kier alpha value is -1.72. The lowest BCUT2D eigenvalue weighted by Gasteiger charge is -2.13. The summed E-state index contributed by atoms with van der Waals surface area (Å²) in [6.45, 7) is 3.75. The summed E-state index contributed by atoms with van der Waals surface area (Å²) in [5, 5.41) is 0.512. The van der Waals surface area contributed by atoms with Gasteiger partial charge in [-0.25, -0.2) is 8.42 Å². The molecule has 0 fully saturated rings. The van der Waals surface area contributed by atoms with Crippen LogP contribution in [-0.2, 0) is 16.4 Å². The Morgan fingerprint density at radius 1 is 1.19 bits per heavy atom. The van der Waals surface area contributed by atoms with Crippen molar-refractivity contribution < 1.29 is 8.42 Å². The first-order valence-corrected chi connectivity index (χ1v) is 8.37. The van der Waals surface area contributed by atoms with Crippen LogP contribution in [0.4, 0.5) is 11.4 Å². The van der Waals surface area contributed by atoms with Crippen LogP contribution in [0.3, 0.4) is 0 Å². The normalized spacial score (nSPS) is 11.4. The number of anilines is 2. The third-order valence-corrected chi connectivity index (χ3v) is 5.06. The van der Waals surface area contributed by atoms with Crippen molar-refractivity contribution in [1.29, 1.82) is 0 Å². The van der Waals surface area contributed by atoms with E-state index in [4.69, 9.17) is 17.3 Å². The zero-order chi connectivity index (χ0) is 15.6. The largest absolute Gasteiger partial charge is 0.399 e. The first-order valence-electron chi connectivity index (χ1n) is 6.51. The van der Waals surface area contributed by atoms with Crippen LogP contribution in [0.5, 0.6) is 0 Å². The molecule has 4 nitrogen and oxygen atoms in total. The highest BCUT2D eigenvalue weighted by molar-refractivity contribution is 7.92. The molecule has 0 bridgehead atoms. The van der Waals surface area contributed by atoms with Gasteiger partial charge in [0.15, 0.2) is 0 Å². The van der Waals surface area contributed by atoms with Crippen LogP contribution in [0.15, 0.2) is 41.3 Å². The quantitative estimate of drug-likeness (QED) is 0.844. The molecule has 6 heteroatoms. The van der Waals surface area contributed by atoms with Gasteiger partial charge in [-0.3, -0.25) is 4.72 Å². The standard InChI is InChI=1S/C15H17ClN2O2S/c1-3-11-5-6-12(17)8-15(11)21(19,20)18-13-7-4-10(2)14(16)9-13/h4-9,18H,3,17H2,1-2H3. The molecule has 0 saturated heterocycles. The van der Waals surface area contributed by atoms with Gasteiger partial charge in [0.2, 0.25) is 0 Å². The van der Waals surface area contributed by atoms with Gasteiger partial charge >= 0.3 is 0 Å². The molecule has 0 aliphatic rings. The number of sulfonamides is 1. The maximum atomic E-state index is 12.5. The Morgan fingerprint density at radius 2 is 1.90 bits per heavy atom. The van der Waals surface area contributed by atoms with E-state index in [0.717, 1.165) is 11.1 Å². The van der Waals surface area contributed by atoms with E-state index in [1.807, 2.05) is 13.8 Å². The maximum Gasteiger partial charge on any atom is 0.262 e. The molecule has 2 rings (SSSR count). The summed E-state index contributed by atoms with van der Waals surface area (Å²) in [6, 6.07) is 9.92. The summed E-state index contributed by atoms with van der Waals surface area (Å²) in [6.07, 6.45) is 0.602. The van der Waals surface area contributed by atoms with Gasteiger partial charge in [-0.2, -0.15) is 0 Å². The molecule has 112 valence electrons. The third kappa shape index (κ3) is 3.49. The second-order valence-electron chi connectivity index (χ2n) is 4.79. The summed E-state index contributed by atoms with van der Waals surface area (Å²) in [4.78, 5) is 0.196. The van der Waals surface area contributed by atoms with E-state index in [-0.39, 0.29) is 4.90 Å². The molecule has 0 amide bonds. The van der Waals surface area contributed by atoms with E-state index in [1.165, 1.54) is 6.07 Å². The number of aryl methyl sites for hydroxylation is 2. The van der Waals surface area contributed by atoms with Crippen molar-refractivity contribution in [3.05, 3.63) is 52.5 Å². The van der Waals surface area contributed by atoms with Crippen molar-refractivity contribution in [3.63, 3.8) is 0 Å². The van der Waals surface area contributed by atoms with Crippen LogP contribution in [0.1, 0.15) is 18.1 Å². The Labute approximate surface area is 130 Å². The second-order valence-corrected chi connectivity index (χ2v) is 6.85. The van der Waals surface area contributed by atoms with Crippen molar-refractivity contribution in [1.82, 2.24) is 0 Å². The minimum atomic E-state index is -3.70. The zero-order valence-electron chi connectivity index (χ0n) is 11.9. The molecule has 3 N–H and O–H groups in total. The Morgan fingerprint density at radius 3 is 2.52 bits per heavy atom. The Bertz CT molecular complexity index is 773. The monoisotopic (exact) mass is 324 g/mol. The topological polar surface area (TPSA) is 72.2 Å². The highest BCUT2D eigenvalue weighted by atomic mass is 35.5. The van der Waals surface area contributed by atoms with E-state index in [2.05, 4.69) is 4.72 Å². The highest BCUT2D eigenvalue weighted by Crippen LogP contribution is 2.25. The fourth-order valence-electron chi connectivity index (χ4n) is 1.98. The van der Waals surface area contributed by atoms with Crippen LogP contribution in [0, 0.1) is 6.92 Å². The summed E-state index contributed by atoms with van der Waals surface area (Å²) in [5.41, 5.74) is 8.14. The molecule has 2 aromatic rings. The first-order chi connectivity index (χ1) is 9.83. The summed E-state index contributed by atoms with van der Waals surface area (Å²) < 4.78 is 27.6. The number of nitrogens with one attached hydrogen (secondary N) is 1. The van der Waals surface area contributed by atoms with Gasteiger partial charge in [-0.05, 0) is 48.7 Å². The Balaban J connectivity index is 2.42. The Kier molecular flexibility index (Phi) is 4.44. The lowest BCUT2D eigenvalue weighted by Crippen LogP contribution is -2.15. The van der Waals surface area contributed by atoms with E-state index in [0.29, 0.717) is 22.8 Å². The number of benzene rings is 2. The van der Waals surface area contributed by atoms with Crippen molar-refractivity contribution >= 4 is 33.0 Å². The number of nitrogen functional groups attached to an aromatic ring is 1. The average Bonchev–Trinajstić information content (AvgIpc) is 2.42. The lowest BCUT2D eigenvalue weighted by molar-refractivity contribution is 0.600. The summed E-state index contributed by atoms with van der Waals surface area (Å²) >= 11 is 6.02. The molecule has 0 aliphatic carbocycles. The molecular formula is C15H17ClN2O2S. The molecule has 21 heavy (non-hydrogen) atoms. The molecule has 2 aromatic carbocycles. The van der Waals surface area contributed by atoms with Gasteiger partial charge in [0.25, 0.3) is 10.0 Å². The van der Waals surface area contributed by atoms with E-state index in [1.54, 1.807) is 30.3 Å². The zero-order valence-corrected chi connectivity index (χ0v) is 13.4. The number of hydrogen-bond acceptors (Lipinski definition) is 3. The van der Waals surface area contributed by atoms with Crippen molar-refractivity contribution in [2.75, 3.05) is 10.5 Å². The number of halogens is 1. The fraction of sp³-hybridized carbons (Fsp3) is 0.200. The SMILES string of the molecule is CCc1ccc(N)cc1S(=O)(=O)Nc1ccc(C)c(Cl)c1. The van der Waals surface area contributed by atoms with E-state index >= 15 is 0 Å². The molecule has 0 heterocycles. The van der Waals surface area contributed by atoms with Crippen LogP contribution in [-0.4, -0.2) is 8.42 Å². The highest BCUT2D eigenvalue weighted by Gasteiger charge is 2.18. The van der Waals surface area contributed by atoms with Crippen molar-refractivity contribution in [3.8, 4) is 0 Å². The number of nitrogens with two attached hydrogens (primary N) is 1.